The first-order valence-electron chi connectivity index (χ1n) is 6.24. The number of nitrogens with two attached hydrogens (primary N) is 1. The topological polar surface area (TPSA) is 42.4 Å². The summed E-state index contributed by atoms with van der Waals surface area (Å²) < 4.78 is 5.39. The van der Waals surface area contributed by atoms with Crippen molar-refractivity contribution in [3.63, 3.8) is 0 Å². The van der Waals surface area contributed by atoms with Crippen molar-refractivity contribution < 1.29 is 4.42 Å². The quantitative estimate of drug-likeness (QED) is 0.849. The van der Waals surface area contributed by atoms with E-state index in [1.165, 1.54) is 25.7 Å². The molecule has 16 heavy (non-hydrogen) atoms. The monoisotopic (exact) mass is 222 g/mol. The molecule has 0 radical (unpaired) electrons. The van der Waals surface area contributed by atoms with Crippen molar-refractivity contribution in [2.45, 2.75) is 38.3 Å². The molecule has 2 unspecified atom stereocenters. The van der Waals surface area contributed by atoms with Gasteiger partial charge in [-0.3, -0.25) is 4.90 Å². The molecule has 1 aromatic heterocycles. The van der Waals surface area contributed by atoms with Gasteiger partial charge in [0, 0.05) is 6.04 Å². The zero-order valence-corrected chi connectivity index (χ0v) is 10.1. The molecule has 1 aromatic rings. The maximum Gasteiger partial charge on any atom is 0.117 e. The van der Waals surface area contributed by atoms with Crippen LogP contribution in [0.4, 0.5) is 0 Å². The SMILES string of the molecule is CN(Cc1ccco1)C1CCCCC1CN. The smallest absolute Gasteiger partial charge is 0.117 e. The van der Waals surface area contributed by atoms with E-state index in [1.807, 2.05) is 12.1 Å². The molecule has 1 aliphatic rings. The number of rotatable bonds is 4. The highest BCUT2D eigenvalue weighted by molar-refractivity contribution is 4.98. The average molecular weight is 222 g/mol. The molecule has 0 aliphatic heterocycles. The van der Waals surface area contributed by atoms with Crippen molar-refractivity contribution in [2.75, 3.05) is 13.6 Å². The summed E-state index contributed by atoms with van der Waals surface area (Å²) in [5.41, 5.74) is 5.85. The van der Waals surface area contributed by atoms with Gasteiger partial charge in [0.1, 0.15) is 5.76 Å². The Morgan fingerprint density at radius 3 is 2.94 bits per heavy atom. The van der Waals surface area contributed by atoms with Gasteiger partial charge in [0.25, 0.3) is 0 Å². The number of hydrogen-bond acceptors (Lipinski definition) is 3. The maximum absolute atomic E-state index is 5.85. The van der Waals surface area contributed by atoms with Gasteiger partial charge in [-0.15, -0.1) is 0 Å². The van der Waals surface area contributed by atoms with Crippen LogP contribution >= 0.6 is 0 Å². The summed E-state index contributed by atoms with van der Waals surface area (Å²) in [6.45, 7) is 1.71. The average Bonchev–Trinajstić information content (AvgIpc) is 2.81. The van der Waals surface area contributed by atoms with Crippen molar-refractivity contribution in [3.05, 3.63) is 24.2 Å². The minimum atomic E-state index is 0.629. The van der Waals surface area contributed by atoms with Crippen LogP contribution in [0, 0.1) is 5.92 Å². The van der Waals surface area contributed by atoms with E-state index >= 15 is 0 Å². The first kappa shape index (κ1) is 11.7. The van der Waals surface area contributed by atoms with Crippen molar-refractivity contribution in [3.8, 4) is 0 Å². The lowest BCUT2D eigenvalue weighted by molar-refractivity contribution is 0.120. The third kappa shape index (κ3) is 2.66. The van der Waals surface area contributed by atoms with Gasteiger partial charge in [0.15, 0.2) is 0 Å². The van der Waals surface area contributed by atoms with Crippen molar-refractivity contribution >= 4 is 0 Å². The summed E-state index contributed by atoms with van der Waals surface area (Å²) in [6.07, 6.45) is 6.98. The third-order valence-electron chi connectivity index (χ3n) is 3.72. The molecule has 0 amide bonds. The summed E-state index contributed by atoms with van der Waals surface area (Å²) >= 11 is 0. The van der Waals surface area contributed by atoms with Gasteiger partial charge >= 0.3 is 0 Å². The van der Waals surface area contributed by atoms with E-state index in [9.17, 15) is 0 Å². The second-order valence-electron chi connectivity index (χ2n) is 4.84. The Morgan fingerprint density at radius 1 is 1.44 bits per heavy atom. The second kappa shape index (κ2) is 5.51. The highest BCUT2D eigenvalue weighted by Gasteiger charge is 2.27. The Hall–Kier alpha value is -0.800. The minimum absolute atomic E-state index is 0.629. The van der Waals surface area contributed by atoms with Crippen LogP contribution in [0.25, 0.3) is 0 Å². The van der Waals surface area contributed by atoms with E-state index in [2.05, 4.69) is 11.9 Å². The molecule has 0 aromatic carbocycles. The van der Waals surface area contributed by atoms with Gasteiger partial charge in [0.05, 0.1) is 12.8 Å². The lowest BCUT2D eigenvalue weighted by atomic mass is 9.83. The molecule has 0 spiro atoms. The van der Waals surface area contributed by atoms with Crippen LogP contribution < -0.4 is 5.73 Å². The molecule has 2 atom stereocenters. The van der Waals surface area contributed by atoms with E-state index in [0.717, 1.165) is 18.8 Å². The van der Waals surface area contributed by atoms with Gasteiger partial charge in [0.2, 0.25) is 0 Å². The Morgan fingerprint density at radius 2 is 2.25 bits per heavy atom. The largest absolute Gasteiger partial charge is 0.468 e. The number of furan rings is 1. The molecule has 1 heterocycles. The fourth-order valence-corrected chi connectivity index (χ4v) is 2.81. The third-order valence-corrected chi connectivity index (χ3v) is 3.72. The van der Waals surface area contributed by atoms with Crippen molar-refractivity contribution in [2.24, 2.45) is 11.7 Å². The van der Waals surface area contributed by atoms with Gasteiger partial charge in [-0.2, -0.15) is 0 Å². The first-order chi connectivity index (χ1) is 7.81. The zero-order chi connectivity index (χ0) is 11.4. The molecule has 2 rings (SSSR count). The molecule has 0 saturated heterocycles. The van der Waals surface area contributed by atoms with E-state index in [0.29, 0.717) is 12.0 Å². The van der Waals surface area contributed by atoms with Crippen molar-refractivity contribution in [1.82, 2.24) is 4.90 Å². The fraction of sp³-hybridized carbons (Fsp3) is 0.692. The highest BCUT2D eigenvalue weighted by atomic mass is 16.3. The Balaban J connectivity index is 1.94. The molecular weight excluding hydrogens is 200 g/mol. The molecule has 0 bridgehead atoms. The summed E-state index contributed by atoms with van der Waals surface area (Å²) in [5, 5.41) is 0. The second-order valence-corrected chi connectivity index (χ2v) is 4.84. The summed E-state index contributed by atoms with van der Waals surface area (Å²) in [5.74, 6) is 1.71. The van der Waals surface area contributed by atoms with Gasteiger partial charge in [-0.05, 0) is 44.5 Å². The van der Waals surface area contributed by atoms with Crippen LogP contribution in [-0.2, 0) is 6.54 Å². The molecule has 1 saturated carbocycles. The lowest BCUT2D eigenvalue weighted by Gasteiger charge is -2.37. The molecule has 1 fully saturated rings. The summed E-state index contributed by atoms with van der Waals surface area (Å²) in [7, 11) is 2.18. The van der Waals surface area contributed by atoms with E-state index in [-0.39, 0.29) is 0 Å². The molecule has 90 valence electrons. The zero-order valence-electron chi connectivity index (χ0n) is 10.1. The first-order valence-corrected chi connectivity index (χ1v) is 6.24. The van der Waals surface area contributed by atoms with E-state index in [4.69, 9.17) is 10.2 Å². The minimum Gasteiger partial charge on any atom is -0.468 e. The van der Waals surface area contributed by atoms with Gasteiger partial charge < -0.3 is 10.2 Å². The number of hydrogen-bond donors (Lipinski definition) is 1. The van der Waals surface area contributed by atoms with Gasteiger partial charge in [-0.1, -0.05) is 12.8 Å². The van der Waals surface area contributed by atoms with E-state index < -0.39 is 0 Å². The van der Waals surface area contributed by atoms with Gasteiger partial charge in [-0.25, -0.2) is 0 Å². The Kier molecular flexibility index (Phi) is 4.02. The van der Waals surface area contributed by atoms with Crippen LogP contribution in [-0.4, -0.2) is 24.5 Å². The Labute approximate surface area is 97.6 Å². The predicted molar refractivity (Wildman–Crippen MR) is 65.0 cm³/mol. The molecule has 1 aliphatic carbocycles. The lowest BCUT2D eigenvalue weighted by Crippen LogP contribution is -2.42. The predicted octanol–water partition coefficient (Wildman–Crippen LogP) is 2.23. The molecule has 3 nitrogen and oxygen atoms in total. The van der Waals surface area contributed by atoms with Crippen LogP contribution in [0.5, 0.6) is 0 Å². The van der Waals surface area contributed by atoms with Crippen LogP contribution in [0.15, 0.2) is 22.8 Å². The summed E-state index contributed by atoms with van der Waals surface area (Å²) in [4.78, 5) is 2.40. The Bertz CT molecular complexity index is 297. The molecule has 3 heteroatoms. The normalized spacial score (nSPS) is 26.2. The van der Waals surface area contributed by atoms with Crippen LogP contribution in [0.2, 0.25) is 0 Å². The molecular formula is C13H22N2O. The summed E-state index contributed by atoms with van der Waals surface area (Å²) in [6, 6.07) is 4.62. The number of nitrogens with zero attached hydrogens (tertiary/aromatic N) is 1. The van der Waals surface area contributed by atoms with Crippen LogP contribution in [0.1, 0.15) is 31.4 Å². The standard InChI is InChI=1S/C13H22N2O/c1-15(10-12-6-4-8-16-12)13-7-3-2-5-11(13)9-14/h4,6,8,11,13H,2-3,5,7,9-10,14H2,1H3. The van der Waals surface area contributed by atoms with Crippen molar-refractivity contribution in [1.29, 1.82) is 0 Å². The maximum atomic E-state index is 5.85. The van der Waals surface area contributed by atoms with E-state index in [1.54, 1.807) is 6.26 Å². The molecule has 2 N–H and O–H groups in total. The fourth-order valence-electron chi connectivity index (χ4n) is 2.81. The highest BCUT2D eigenvalue weighted by Crippen LogP contribution is 2.27. The van der Waals surface area contributed by atoms with Crippen LogP contribution in [0.3, 0.4) is 0 Å².